The molecule has 0 bridgehead atoms. The summed E-state index contributed by atoms with van der Waals surface area (Å²) in [5.41, 5.74) is 9.31. The predicted octanol–water partition coefficient (Wildman–Crippen LogP) is 3.15. The minimum atomic E-state index is 0.533. The van der Waals surface area contributed by atoms with Crippen LogP contribution in [-0.2, 0) is 13.1 Å². The topological polar surface area (TPSA) is 43.8 Å². The largest absolute Gasteiger partial charge is 0.327 e. The Hall–Kier alpha value is -1.61. The lowest BCUT2D eigenvalue weighted by Crippen LogP contribution is -2.07. The van der Waals surface area contributed by atoms with Crippen molar-refractivity contribution in [2.45, 2.75) is 39.8 Å². The quantitative estimate of drug-likeness (QED) is 0.896. The molecule has 0 aliphatic carbocycles. The summed E-state index contributed by atoms with van der Waals surface area (Å²) in [6, 6.07) is 8.64. The average Bonchev–Trinajstić information content (AvgIpc) is 2.81. The number of nitrogens with two attached hydrogens (primary N) is 1. The molecule has 0 amide bonds. The highest BCUT2D eigenvalue weighted by molar-refractivity contribution is 5.57. The number of hydrogen-bond donors (Lipinski definition) is 1. The van der Waals surface area contributed by atoms with Crippen LogP contribution in [0.5, 0.6) is 0 Å². The van der Waals surface area contributed by atoms with Crippen LogP contribution in [0.25, 0.3) is 11.4 Å². The van der Waals surface area contributed by atoms with Gasteiger partial charge in [0, 0.05) is 18.7 Å². The molecule has 1 aromatic heterocycles. The molecule has 0 fully saturated rings. The Morgan fingerprint density at radius 2 is 1.89 bits per heavy atom. The second-order valence-electron chi connectivity index (χ2n) is 4.80. The normalized spacial score (nSPS) is 11.2. The highest BCUT2D eigenvalue weighted by Gasteiger charge is 2.09. The van der Waals surface area contributed by atoms with Crippen molar-refractivity contribution in [1.82, 2.24) is 9.55 Å². The van der Waals surface area contributed by atoms with Crippen LogP contribution in [0.3, 0.4) is 0 Å². The standard InChI is InChI=1S/C15H21N3/c1-4-18-14(9-16)10-17-15(18)13-7-5-12(6-8-13)11(2)3/h5-8,10-11H,4,9,16H2,1-3H3. The number of imidazole rings is 1. The molecule has 0 aliphatic heterocycles. The second-order valence-corrected chi connectivity index (χ2v) is 4.80. The molecule has 1 heterocycles. The molecule has 18 heavy (non-hydrogen) atoms. The summed E-state index contributed by atoms with van der Waals surface area (Å²) in [5, 5.41) is 0. The minimum Gasteiger partial charge on any atom is -0.327 e. The number of aromatic nitrogens is 2. The zero-order valence-electron chi connectivity index (χ0n) is 11.4. The van der Waals surface area contributed by atoms with Gasteiger partial charge in [-0.2, -0.15) is 0 Å². The molecule has 1 aromatic carbocycles. The fourth-order valence-corrected chi connectivity index (χ4v) is 2.17. The van der Waals surface area contributed by atoms with Gasteiger partial charge in [0.25, 0.3) is 0 Å². The third kappa shape index (κ3) is 2.31. The van der Waals surface area contributed by atoms with E-state index in [4.69, 9.17) is 5.73 Å². The second kappa shape index (κ2) is 5.36. The molecule has 0 atom stereocenters. The third-order valence-electron chi connectivity index (χ3n) is 3.30. The van der Waals surface area contributed by atoms with Crippen LogP contribution in [0.1, 0.15) is 37.9 Å². The van der Waals surface area contributed by atoms with Crippen molar-refractivity contribution >= 4 is 0 Å². The van der Waals surface area contributed by atoms with Crippen LogP contribution >= 0.6 is 0 Å². The Kier molecular flexibility index (Phi) is 3.82. The Bertz CT molecular complexity index is 509. The molecule has 0 radical (unpaired) electrons. The van der Waals surface area contributed by atoms with E-state index < -0.39 is 0 Å². The minimum absolute atomic E-state index is 0.533. The molecule has 0 unspecified atom stereocenters. The Labute approximate surface area is 109 Å². The first-order chi connectivity index (χ1) is 8.67. The van der Waals surface area contributed by atoms with E-state index in [1.807, 2.05) is 6.20 Å². The molecule has 0 saturated carbocycles. The van der Waals surface area contributed by atoms with Crippen molar-refractivity contribution in [3.05, 3.63) is 41.7 Å². The van der Waals surface area contributed by atoms with Gasteiger partial charge in [0.2, 0.25) is 0 Å². The van der Waals surface area contributed by atoms with Crippen molar-refractivity contribution in [3.63, 3.8) is 0 Å². The summed E-state index contributed by atoms with van der Waals surface area (Å²) in [4.78, 5) is 4.49. The number of benzene rings is 1. The van der Waals surface area contributed by atoms with Crippen molar-refractivity contribution in [2.24, 2.45) is 5.73 Å². The summed E-state index contributed by atoms with van der Waals surface area (Å²) in [7, 11) is 0. The van der Waals surface area contributed by atoms with Gasteiger partial charge in [-0.3, -0.25) is 0 Å². The van der Waals surface area contributed by atoms with Crippen LogP contribution in [0.15, 0.2) is 30.5 Å². The van der Waals surface area contributed by atoms with Crippen molar-refractivity contribution in [2.75, 3.05) is 0 Å². The Morgan fingerprint density at radius 3 is 2.39 bits per heavy atom. The summed E-state index contributed by atoms with van der Waals surface area (Å²) in [6.45, 7) is 7.95. The fraction of sp³-hybridized carbons (Fsp3) is 0.400. The average molecular weight is 243 g/mol. The van der Waals surface area contributed by atoms with Gasteiger partial charge in [-0.15, -0.1) is 0 Å². The molecular weight excluding hydrogens is 222 g/mol. The maximum Gasteiger partial charge on any atom is 0.140 e. The van der Waals surface area contributed by atoms with E-state index in [9.17, 15) is 0 Å². The number of hydrogen-bond acceptors (Lipinski definition) is 2. The fourth-order valence-electron chi connectivity index (χ4n) is 2.17. The molecular formula is C15H21N3. The smallest absolute Gasteiger partial charge is 0.140 e. The lowest BCUT2D eigenvalue weighted by Gasteiger charge is -2.10. The van der Waals surface area contributed by atoms with Gasteiger partial charge in [0.1, 0.15) is 5.82 Å². The SMILES string of the molecule is CCn1c(CN)cnc1-c1ccc(C(C)C)cc1. The first-order valence-electron chi connectivity index (χ1n) is 6.52. The first-order valence-corrected chi connectivity index (χ1v) is 6.52. The Balaban J connectivity index is 2.39. The van der Waals surface area contributed by atoms with Crippen molar-refractivity contribution < 1.29 is 0 Å². The zero-order valence-corrected chi connectivity index (χ0v) is 11.4. The van der Waals surface area contributed by atoms with E-state index in [2.05, 4.69) is 54.6 Å². The lowest BCUT2D eigenvalue weighted by atomic mass is 10.0. The molecule has 2 aromatic rings. The van der Waals surface area contributed by atoms with Gasteiger partial charge in [-0.05, 0) is 18.4 Å². The Morgan fingerprint density at radius 1 is 1.22 bits per heavy atom. The van der Waals surface area contributed by atoms with Gasteiger partial charge >= 0.3 is 0 Å². The molecule has 96 valence electrons. The van der Waals surface area contributed by atoms with E-state index in [1.54, 1.807) is 0 Å². The summed E-state index contributed by atoms with van der Waals surface area (Å²) in [6.07, 6.45) is 1.87. The number of rotatable bonds is 4. The number of nitrogens with zero attached hydrogens (tertiary/aromatic N) is 2. The molecule has 2 N–H and O–H groups in total. The monoisotopic (exact) mass is 243 g/mol. The van der Waals surface area contributed by atoms with Crippen molar-refractivity contribution in [1.29, 1.82) is 0 Å². The van der Waals surface area contributed by atoms with E-state index in [1.165, 1.54) is 5.56 Å². The van der Waals surface area contributed by atoms with Gasteiger partial charge in [-0.25, -0.2) is 4.98 Å². The summed E-state index contributed by atoms with van der Waals surface area (Å²) in [5.74, 6) is 1.57. The molecule has 2 rings (SSSR count). The van der Waals surface area contributed by atoms with E-state index in [0.29, 0.717) is 12.5 Å². The van der Waals surface area contributed by atoms with Gasteiger partial charge in [0.15, 0.2) is 0 Å². The molecule has 0 aliphatic rings. The van der Waals surface area contributed by atoms with Crippen LogP contribution in [0, 0.1) is 0 Å². The van der Waals surface area contributed by atoms with E-state index >= 15 is 0 Å². The maximum absolute atomic E-state index is 5.72. The first kappa shape index (κ1) is 12.8. The summed E-state index contributed by atoms with van der Waals surface area (Å²) >= 11 is 0. The highest BCUT2D eigenvalue weighted by atomic mass is 15.1. The van der Waals surface area contributed by atoms with Crippen LogP contribution in [-0.4, -0.2) is 9.55 Å². The molecule has 3 nitrogen and oxygen atoms in total. The van der Waals surface area contributed by atoms with Gasteiger partial charge in [-0.1, -0.05) is 38.1 Å². The highest BCUT2D eigenvalue weighted by Crippen LogP contribution is 2.22. The van der Waals surface area contributed by atoms with Gasteiger partial charge in [0.05, 0.1) is 11.9 Å². The predicted molar refractivity (Wildman–Crippen MR) is 75.3 cm³/mol. The van der Waals surface area contributed by atoms with Crippen LogP contribution in [0.2, 0.25) is 0 Å². The van der Waals surface area contributed by atoms with E-state index in [-0.39, 0.29) is 0 Å². The van der Waals surface area contributed by atoms with Crippen LogP contribution < -0.4 is 5.73 Å². The molecule has 0 spiro atoms. The zero-order chi connectivity index (χ0) is 13.1. The lowest BCUT2D eigenvalue weighted by molar-refractivity contribution is 0.719. The summed E-state index contributed by atoms with van der Waals surface area (Å²) < 4.78 is 2.17. The third-order valence-corrected chi connectivity index (χ3v) is 3.30. The maximum atomic E-state index is 5.72. The van der Waals surface area contributed by atoms with E-state index in [0.717, 1.165) is 23.6 Å². The van der Waals surface area contributed by atoms with Crippen LogP contribution in [0.4, 0.5) is 0 Å². The van der Waals surface area contributed by atoms with Crippen molar-refractivity contribution in [3.8, 4) is 11.4 Å². The molecule has 3 heteroatoms. The van der Waals surface area contributed by atoms with Gasteiger partial charge < -0.3 is 10.3 Å². The molecule has 0 saturated heterocycles.